The Labute approximate surface area is 182 Å². The molecule has 1 heterocycles. The molecule has 5 nitrogen and oxygen atoms in total. The SMILES string of the molecule is COc1ccc(-c2cc(=Nc3ccc(NC(C)=O)cc3)c3cc(Br)ccc3o2)cc1. The lowest BCUT2D eigenvalue weighted by Crippen LogP contribution is -2.05. The number of halogens is 1. The van der Waals surface area contributed by atoms with Gasteiger partial charge in [-0.3, -0.25) is 4.79 Å². The number of hydrogen-bond donors (Lipinski definition) is 1. The summed E-state index contributed by atoms with van der Waals surface area (Å²) in [7, 11) is 1.64. The normalized spacial score (nSPS) is 11.5. The molecule has 0 aliphatic carbocycles. The number of nitrogens with zero attached hydrogens (tertiary/aromatic N) is 1. The molecular formula is C24H19BrN2O3. The average Bonchev–Trinajstić information content (AvgIpc) is 2.75. The largest absolute Gasteiger partial charge is 0.497 e. The number of methoxy groups -OCH3 is 1. The van der Waals surface area contributed by atoms with Crippen LogP contribution in [0.15, 0.2) is 86.7 Å². The molecule has 0 spiro atoms. The van der Waals surface area contributed by atoms with E-state index in [1.807, 2.05) is 72.8 Å². The van der Waals surface area contributed by atoms with Crippen LogP contribution in [-0.2, 0) is 4.79 Å². The van der Waals surface area contributed by atoms with Gasteiger partial charge in [0.15, 0.2) is 0 Å². The van der Waals surface area contributed by atoms with E-state index < -0.39 is 0 Å². The molecule has 1 aromatic heterocycles. The third-order valence-electron chi connectivity index (χ3n) is 4.52. The standard InChI is InChI=1S/C24H19BrN2O3/c1-15(28)26-18-6-8-19(9-7-18)27-22-14-24(16-3-10-20(29-2)11-4-16)30-23-12-5-17(25)13-21(22)23/h3-14H,1-2H3,(H,26,28). The Morgan fingerprint density at radius 3 is 2.40 bits per heavy atom. The number of fused-ring (bicyclic) bond motifs is 1. The van der Waals surface area contributed by atoms with Crippen LogP contribution in [0, 0.1) is 0 Å². The molecule has 0 atom stereocenters. The minimum absolute atomic E-state index is 0.107. The number of carbonyl (C=O) groups excluding carboxylic acids is 1. The van der Waals surface area contributed by atoms with Crippen LogP contribution in [0.1, 0.15) is 6.92 Å². The fourth-order valence-electron chi connectivity index (χ4n) is 3.09. The Morgan fingerprint density at radius 2 is 1.73 bits per heavy atom. The van der Waals surface area contributed by atoms with Gasteiger partial charge in [-0.2, -0.15) is 0 Å². The van der Waals surface area contributed by atoms with Crippen LogP contribution in [0.4, 0.5) is 11.4 Å². The summed E-state index contributed by atoms with van der Waals surface area (Å²) in [6.45, 7) is 1.48. The van der Waals surface area contributed by atoms with Gasteiger partial charge in [-0.25, -0.2) is 4.99 Å². The van der Waals surface area contributed by atoms with Crippen molar-refractivity contribution >= 4 is 44.2 Å². The van der Waals surface area contributed by atoms with Crippen molar-refractivity contribution in [3.63, 3.8) is 0 Å². The highest BCUT2D eigenvalue weighted by atomic mass is 79.9. The zero-order chi connectivity index (χ0) is 21.1. The molecule has 4 rings (SSSR count). The van der Waals surface area contributed by atoms with Crippen LogP contribution < -0.4 is 15.4 Å². The second kappa shape index (κ2) is 8.55. The van der Waals surface area contributed by atoms with Crippen molar-refractivity contribution in [2.45, 2.75) is 6.92 Å². The monoisotopic (exact) mass is 462 g/mol. The molecule has 0 unspecified atom stereocenters. The van der Waals surface area contributed by atoms with Gasteiger partial charge in [0, 0.05) is 34.1 Å². The van der Waals surface area contributed by atoms with Crippen molar-refractivity contribution < 1.29 is 13.9 Å². The van der Waals surface area contributed by atoms with E-state index >= 15 is 0 Å². The lowest BCUT2D eigenvalue weighted by molar-refractivity contribution is -0.114. The molecule has 150 valence electrons. The minimum atomic E-state index is -0.107. The van der Waals surface area contributed by atoms with Gasteiger partial charge in [-0.1, -0.05) is 15.9 Å². The van der Waals surface area contributed by atoms with Gasteiger partial charge in [0.2, 0.25) is 5.91 Å². The lowest BCUT2D eigenvalue weighted by atomic mass is 10.1. The Morgan fingerprint density at radius 1 is 1.00 bits per heavy atom. The quantitative estimate of drug-likeness (QED) is 0.400. The van der Waals surface area contributed by atoms with Crippen LogP contribution in [0.2, 0.25) is 0 Å². The molecule has 0 aliphatic rings. The van der Waals surface area contributed by atoms with E-state index in [2.05, 4.69) is 21.2 Å². The zero-order valence-electron chi connectivity index (χ0n) is 16.5. The van der Waals surface area contributed by atoms with Crippen molar-refractivity contribution in [3.05, 3.63) is 82.6 Å². The van der Waals surface area contributed by atoms with Crippen LogP contribution >= 0.6 is 15.9 Å². The molecule has 0 aliphatic heterocycles. The number of ether oxygens (including phenoxy) is 1. The number of rotatable bonds is 4. The average molecular weight is 463 g/mol. The summed E-state index contributed by atoms with van der Waals surface area (Å²) < 4.78 is 12.3. The van der Waals surface area contributed by atoms with E-state index in [0.29, 0.717) is 5.76 Å². The molecule has 0 fully saturated rings. The first-order valence-corrected chi connectivity index (χ1v) is 10.1. The summed E-state index contributed by atoms with van der Waals surface area (Å²) in [4.78, 5) is 16.1. The molecule has 0 saturated carbocycles. The van der Waals surface area contributed by atoms with E-state index in [0.717, 1.165) is 43.5 Å². The van der Waals surface area contributed by atoms with Gasteiger partial charge in [-0.05, 0) is 66.7 Å². The Kier molecular flexibility index (Phi) is 5.68. The van der Waals surface area contributed by atoms with Gasteiger partial charge in [0.05, 0.1) is 18.2 Å². The molecule has 4 aromatic rings. The number of carbonyl (C=O) groups is 1. The molecule has 1 N–H and O–H groups in total. The molecule has 1 amide bonds. The summed E-state index contributed by atoms with van der Waals surface area (Å²) in [5.41, 5.74) is 3.17. The first-order chi connectivity index (χ1) is 14.5. The van der Waals surface area contributed by atoms with Gasteiger partial charge >= 0.3 is 0 Å². The number of amides is 1. The third kappa shape index (κ3) is 4.44. The molecule has 0 radical (unpaired) electrons. The summed E-state index contributed by atoms with van der Waals surface area (Å²) in [5.74, 6) is 1.39. The van der Waals surface area contributed by atoms with Crippen LogP contribution in [0.5, 0.6) is 5.75 Å². The maximum Gasteiger partial charge on any atom is 0.221 e. The van der Waals surface area contributed by atoms with Crippen LogP contribution in [-0.4, -0.2) is 13.0 Å². The van der Waals surface area contributed by atoms with Crippen LogP contribution in [0.25, 0.3) is 22.3 Å². The zero-order valence-corrected chi connectivity index (χ0v) is 18.1. The van der Waals surface area contributed by atoms with E-state index in [4.69, 9.17) is 14.1 Å². The summed E-state index contributed by atoms with van der Waals surface area (Å²) in [6, 6.07) is 22.9. The highest BCUT2D eigenvalue weighted by Crippen LogP contribution is 2.26. The molecule has 30 heavy (non-hydrogen) atoms. The topological polar surface area (TPSA) is 63.8 Å². The van der Waals surface area contributed by atoms with Gasteiger partial charge in [0.1, 0.15) is 17.1 Å². The molecular weight excluding hydrogens is 444 g/mol. The number of anilines is 1. The fraction of sp³-hybridized carbons (Fsp3) is 0.0833. The van der Waals surface area contributed by atoms with Crippen molar-refractivity contribution in [2.75, 3.05) is 12.4 Å². The Balaban J connectivity index is 1.85. The first kappa shape index (κ1) is 19.9. The van der Waals surface area contributed by atoms with Gasteiger partial charge in [-0.15, -0.1) is 0 Å². The highest BCUT2D eigenvalue weighted by Gasteiger charge is 2.07. The predicted molar refractivity (Wildman–Crippen MR) is 122 cm³/mol. The lowest BCUT2D eigenvalue weighted by Gasteiger charge is -2.07. The smallest absolute Gasteiger partial charge is 0.221 e. The maximum atomic E-state index is 11.2. The molecule has 0 bridgehead atoms. The fourth-order valence-corrected chi connectivity index (χ4v) is 3.45. The van der Waals surface area contributed by atoms with Crippen molar-refractivity contribution in [1.29, 1.82) is 0 Å². The van der Waals surface area contributed by atoms with Crippen molar-refractivity contribution in [2.24, 2.45) is 4.99 Å². The second-order valence-electron chi connectivity index (χ2n) is 6.70. The van der Waals surface area contributed by atoms with E-state index in [1.165, 1.54) is 6.92 Å². The minimum Gasteiger partial charge on any atom is -0.497 e. The summed E-state index contributed by atoms with van der Waals surface area (Å²) >= 11 is 3.53. The number of hydrogen-bond acceptors (Lipinski definition) is 4. The first-order valence-electron chi connectivity index (χ1n) is 9.32. The predicted octanol–water partition coefficient (Wildman–Crippen LogP) is 6.06. The summed E-state index contributed by atoms with van der Waals surface area (Å²) in [6.07, 6.45) is 0. The van der Waals surface area contributed by atoms with Gasteiger partial charge < -0.3 is 14.5 Å². The van der Waals surface area contributed by atoms with Crippen molar-refractivity contribution in [1.82, 2.24) is 0 Å². The maximum absolute atomic E-state index is 11.2. The van der Waals surface area contributed by atoms with E-state index in [1.54, 1.807) is 7.11 Å². The molecule has 3 aromatic carbocycles. The number of benzene rings is 3. The van der Waals surface area contributed by atoms with E-state index in [9.17, 15) is 4.79 Å². The van der Waals surface area contributed by atoms with E-state index in [-0.39, 0.29) is 5.91 Å². The third-order valence-corrected chi connectivity index (χ3v) is 5.01. The number of nitrogens with one attached hydrogen (secondary N) is 1. The highest BCUT2D eigenvalue weighted by molar-refractivity contribution is 9.10. The van der Waals surface area contributed by atoms with Crippen molar-refractivity contribution in [3.8, 4) is 17.1 Å². The summed E-state index contributed by atoms with van der Waals surface area (Å²) in [5, 5.41) is 4.44. The Hall–Kier alpha value is -3.38. The second-order valence-corrected chi connectivity index (χ2v) is 7.62. The van der Waals surface area contributed by atoms with Crippen LogP contribution in [0.3, 0.4) is 0 Å². The Bertz CT molecular complexity index is 1280. The molecule has 6 heteroatoms. The van der Waals surface area contributed by atoms with Gasteiger partial charge in [0.25, 0.3) is 0 Å². The molecule has 0 saturated heterocycles.